The summed E-state index contributed by atoms with van der Waals surface area (Å²) in [5, 5.41) is 9.96. The summed E-state index contributed by atoms with van der Waals surface area (Å²) >= 11 is 0. The third kappa shape index (κ3) is 5.66. The molecule has 0 saturated heterocycles. The van der Waals surface area contributed by atoms with Crippen LogP contribution in [0.3, 0.4) is 0 Å². The third-order valence-corrected chi connectivity index (χ3v) is 8.91. The van der Waals surface area contributed by atoms with Crippen molar-refractivity contribution in [2.75, 3.05) is 26.7 Å². The first-order valence-corrected chi connectivity index (χ1v) is 14.0. The van der Waals surface area contributed by atoms with E-state index < -0.39 is 32.9 Å². The fourth-order valence-electron chi connectivity index (χ4n) is 4.72. The number of sulfonamides is 1. The van der Waals surface area contributed by atoms with Crippen molar-refractivity contribution in [2.45, 2.75) is 37.5 Å². The van der Waals surface area contributed by atoms with Crippen LogP contribution in [-0.2, 0) is 21.4 Å². The summed E-state index contributed by atoms with van der Waals surface area (Å²) in [6.45, 7) is 3.78. The van der Waals surface area contributed by atoms with Gasteiger partial charge in [0.1, 0.15) is 10.7 Å². The molecular formula is C29H33FN2O5S. The van der Waals surface area contributed by atoms with Gasteiger partial charge in [-0.05, 0) is 41.8 Å². The number of hydrogen-bond acceptors (Lipinski definition) is 5. The van der Waals surface area contributed by atoms with Gasteiger partial charge in [-0.15, -0.1) is 0 Å². The molecule has 3 aromatic rings. The average molecular weight is 541 g/mol. The standard InChI is InChI=1S/C29H33FN2O5S/c1-20-16-32(21(2)18-33)29(34)25-13-7-6-12-24(25)23-11-5-4-10-22(23)19-37-27(20)17-31(3)38(35,36)28-15-9-8-14-26(28)30/h4-15,20-21,27,33H,16-19H2,1-3H3/t20-,21+,27-/m1/s1. The number of halogens is 1. The second-order valence-electron chi connectivity index (χ2n) is 9.73. The van der Waals surface area contributed by atoms with E-state index in [2.05, 4.69) is 0 Å². The zero-order chi connectivity index (χ0) is 27.4. The number of aliphatic hydroxyl groups excluding tert-OH is 1. The van der Waals surface area contributed by atoms with Crippen molar-refractivity contribution in [3.8, 4) is 11.1 Å². The predicted molar refractivity (Wildman–Crippen MR) is 143 cm³/mol. The Labute approximate surface area is 223 Å². The van der Waals surface area contributed by atoms with Crippen molar-refractivity contribution in [2.24, 2.45) is 5.92 Å². The first-order valence-electron chi connectivity index (χ1n) is 12.6. The Morgan fingerprint density at radius 1 is 1.03 bits per heavy atom. The summed E-state index contributed by atoms with van der Waals surface area (Å²) in [7, 11) is -2.73. The first-order chi connectivity index (χ1) is 18.1. The molecule has 1 aliphatic rings. The summed E-state index contributed by atoms with van der Waals surface area (Å²) in [6, 6.07) is 19.8. The molecule has 0 aromatic heterocycles. The van der Waals surface area contributed by atoms with E-state index in [1.54, 1.807) is 17.9 Å². The smallest absolute Gasteiger partial charge is 0.254 e. The molecule has 1 amide bonds. The number of carbonyl (C=O) groups is 1. The van der Waals surface area contributed by atoms with Crippen LogP contribution in [0.4, 0.5) is 4.39 Å². The van der Waals surface area contributed by atoms with Gasteiger partial charge in [0.2, 0.25) is 10.0 Å². The Kier molecular flexibility index (Phi) is 8.62. The van der Waals surface area contributed by atoms with Crippen LogP contribution in [-0.4, -0.2) is 67.5 Å². The Bertz CT molecular complexity index is 1400. The molecule has 1 aliphatic heterocycles. The fourth-order valence-corrected chi connectivity index (χ4v) is 5.97. The highest BCUT2D eigenvalue weighted by molar-refractivity contribution is 7.89. The van der Waals surface area contributed by atoms with Gasteiger partial charge >= 0.3 is 0 Å². The van der Waals surface area contributed by atoms with E-state index in [0.29, 0.717) is 5.56 Å². The normalized spacial score (nSPS) is 19.4. The Hall–Kier alpha value is -3.11. The Morgan fingerprint density at radius 2 is 1.63 bits per heavy atom. The van der Waals surface area contributed by atoms with Crippen LogP contribution in [0.25, 0.3) is 11.1 Å². The lowest BCUT2D eigenvalue weighted by atomic mass is 9.94. The van der Waals surface area contributed by atoms with Crippen LogP contribution in [0, 0.1) is 11.7 Å². The zero-order valence-electron chi connectivity index (χ0n) is 21.7. The van der Waals surface area contributed by atoms with E-state index in [1.165, 1.54) is 25.2 Å². The SMILES string of the molecule is C[C@@H]1CN([C@@H](C)CO)C(=O)c2ccccc2-c2ccccc2CO[C@@H]1CN(C)S(=O)(=O)c1ccccc1F. The summed E-state index contributed by atoms with van der Waals surface area (Å²) in [5.74, 6) is -1.36. The largest absolute Gasteiger partial charge is 0.394 e. The summed E-state index contributed by atoms with van der Waals surface area (Å²) in [6.07, 6.45) is -0.628. The minimum absolute atomic E-state index is 0.0531. The van der Waals surface area contributed by atoms with Crippen LogP contribution in [0.5, 0.6) is 0 Å². The summed E-state index contributed by atoms with van der Waals surface area (Å²) in [5.41, 5.74) is 2.98. The highest BCUT2D eigenvalue weighted by atomic mass is 32.2. The average Bonchev–Trinajstić information content (AvgIpc) is 2.94. The first kappa shape index (κ1) is 27.9. The van der Waals surface area contributed by atoms with Crippen LogP contribution >= 0.6 is 0 Å². The molecular weight excluding hydrogens is 507 g/mol. The molecule has 4 rings (SSSR count). The molecule has 3 aromatic carbocycles. The van der Waals surface area contributed by atoms with Gasteiger partial charge < -0.3 is 14.7 Å². The van der Waals surface area contributed by atoms with Gasteiger partial charge in [-0.25, -0.2) is 12.8 Å². The molecule has 0 bridgehead atoms. The van der Waals surface area contributed by atoms with E-state index in [9.17, 15) is 22.7 Å². The molecule has 7 nitrogen and oxygen atoms in total. The molecule has 3 atom stereocenters. The number of benzene rings is 3. The van der Waals surface area contributed by atoms with Crippen molar-refractivity contribution in [1.29, 1.82) is 0 Å². The zero-order valence-corrected chi connectivity index (χ0v) is 22.6. The van der Waals surface area contributed by atoms with Gasteiger partial charge in [0.15, 0.2) is 0 Å². The number of amides is 1. The van der Waals surface area contributed by atoms with Gasteiger partial charge in [-0.3, -0.25) is 4.79 Å². The Morgan fingerprint density at radius 3 is 2.32 bits per heavy atom. The number of ether oxygens (including phenoxy) is 1. The number of aliphatic hydroxyl groups is 1. The minimum atomic E-state index is -4.13. The van der Waals surface area contributed by atoms with E-state index in [1.807, 2.05) is 49.4 Å². The van der Waals surface area contributed by atoms with Crippen molar-refractivity contribution in [1.82, 2.24) is 9.21 Å². The minimum Gasteiger partial charge on any atom is -0.394 e. The number of fused-ring (bicyclic) bond motifs is 3. The topological polar surface area (TPSA) is 87.2 Å². The van der Waals surface area contributed by atoms with Gasteiger partial charge in [0.05, 0.1) is 25.4 Å². The second kappa shape index (κ2) is 11.7. The molecule has 0 fully saturated rings. The highest BCUT2D eigenvalue weighted by Crippen LogP contribution is 2.31. The maximum Gasteiger partial charge on any atom is 0.254 e. The summed E-state index contributed by atoms with van der Waals surface area (Å²) in [4.78, 5) is 15.1. The number of likely N-dealkylation sites (N-methyl/N-ethyl adjacent to an activating group) is 1. The number of hydrogen-bond donors (Lipinski definition) is 1. The van der Waals surface area contributed by atoms with Crippen LogP contribution in [0.15, 0.2) is 77.7 Å². The van der Waals surface area contributed by atoms with E-state index in [-0.39, 0.29) is 38.1 Å². The monoisotopic (exact) mass is 540 g/mol. The lowest BCUT2D eigenvalue weighted by molar-refractivity contribution is -0.0146. The molecule has 1 N–H and O–H groups in total. The van der Waals surface area contributed by atoms with E-state index in [4.69, 9.17) is 4.74 Å². The van der Waals surface area contributed by atoms with Gasteiger partial charge in [0.25, 0.3) is 5.91 Å². The molecule has 38 heavy (non-hydrogen) atoms. The van der Waals surface area contributed by atoms with E-state index >= 15 is 0 Å². The highest BCUT2D eigenvalue weighted by Gasteiger charge is 2.33. The molecule has 9 heteroatoms. The van der Waals surface area contributed by atoms with Gasteiger partial charge in [-0.1, -0.05) is 61.5 Å². The maximum absolute atomic E-state index is 14.4. The lowest BCUT2D eigenvalue weighted by Gasteiger charge is -2.35. The molecule has 0 unspecified atom stereocenters. The van der Waals surface area contributed by atoms with Crippen molar-refractivity contribution >= 4 is 15.9 Å². The quantitative estimate of drug-likeness (QED) is 0.507. The molecule has 0 saturated carbocycles. The van der Waals surface area contributed by atoms with Gasteiger partial charge in [-0.2, -0.15) is 4.31 Å². The molecule has 1 heterocycles. The lowest BCUT2D eigenvalue weighted by Crippen LogP contribution is -2.47. The van der Waals surface area contributed by atoms with Crippen LogP contribution in [0.2, 0.25) is 0 Å². The number of nitrogens with zero attached hydrogens (tertiary/aromatic N) is 2. The number of rotatable bonds is 6. The molecule has 0 aliphatic carbocycles. The van der Waals surface area contributed by atoms with Gasteiger partial charge in [0, 0.05) is 31.6 Å². The summed E-state index contributed by atoms with van der Waals surface area (Å²) < 4.78 is 48.3. The maximum atomic E-state index is 14.4. The molecule has 202 valence electrons. The van der Waals surface area contributed by atoms with Crippen molar-refractivity contribution in [3.63, 3.8) is 0 Å². The molecule has 0 spiro atoms. The predicted octanol–water partition coefficient (Wildman–Crippen LogP) is 4.17. The van der Waals surface area contributed by atoms with Crippen LogP contribution < -0.4 is 0 Å². The Balaban J connectivity index is 1.74. The van der Waals surface area contributed by atoms with E-state index in [0.717, 1.165) is 27.1 Å². The second-order valence-corrected chi connectivity index (χ2v) is 11.7. The molecule has 0 radical (unpaired) electrons. The fraction of sp³-hybridized carbons (Fsp3) is 0.345. The van der Waals surface area contributed by atoms with Crippen LogP contribution in [0.1, 0.15) is 29.8 Å². The number of carbonyl (C=O) groups excluding carboxylic acids is 1. The van der Waals surface area contributed by atoms with Crippen molar-refractivity contribution in [3.05, 3.63) is 89.7 Å². The third-order valence-electron chi connectivity index (χ3n) is 7.06. The van der Waals surface area contributed by atoms with Crippen molar-refractivity contribution < 1.29 is 27.4 Å².